The maximum absolute atomic E-state index is 11.1. The van der Waals surface area contributed by atoms with Gasteiger partial charge in [0.2, 0.25) is 0 Å². The second-order valence-corrected chi connectivity index (χ2v) is 5.60. The number of unbranched alkanes of at least 4 members (excludes halogenated alkanes) is 1. The minimum atomic E-state index is -0.585. The molecule has 0 aliphatic carbocycles. The first-order chi connectivity index (χ1) is 8.20. The third kappa shape index (κ3) is 3.04. The van der Waals surface area contributed by atoms with Gasteiger partial charge in [0, 0.05) is 17.4 Å². The summed E-state index contributed by atoms with van der Waals surface area (Å²) in [7, 11) is 0. The van der Waals surface area contributed by atoms with Gasteiger partial charge >= 0.3 is 12.0 Å². The van der Waals surface area contributed by atoms with Crippen molar-refractivity contribution < 1.29 is 19.7 Å². The standard InChI is InChI=1S/C10H16N2O4S/c13-8(16-15)4-2-1-3-7-9-6(5-17-7)11-10(14)12-9/h6-7,9,15H,1-5H2,(H2,11,12,14)/t6-,7-,9-/m0/s1. The number of urea groups is 1. The molecule has 7 heteroatoms. The van der Waals surface area contributed by atoms with Gasteiger partial charge in [-0.25, -0.2) is 9.59 Å². The maximum Gasteiger partial charge on any atom is 0.342 e. The zero-order chi connectivity index (χ0) is 12.3. The quantitative estimate of drug-likeness (QED) is 0.293. The van der Waals surface area contributed by atoms with Crippen LogP contribution >= 0.6 is 11.8 Å². The lowest BCUT2D eigenvalue weighted by Crippen LogP contribution is -2.36. The predicted octanol–water partition coefficient (Wildman–Crippen LogP) is 0.728. The molecule has 0 aromatic carbocycles. The highest BCUT2D eigenvalue weighted by molar-refractivity contribution is 8.00. The van der Waals surface area contributed by atoms with E-state index in [1.165, 1.54) is 0 Å². The first-order valence-corrected chi connectivity index (χ1v) is 6.78. The Labute approximate surface area is 103 Å². The largest absolute Gasteiger partial charge is 0.342 e. The van der Waals surface area contributed by atoms with Gasteiger partial charge in [0.1, 0.15) is 0 Å². The van der Waals surface area contributed by atoms with Crippen LogP contribution in [0.2, 0.25) is 0 Å². The predicted molar refractivity (Wildman–Crippen MR) is 62.7 cm³/mol. The number of thioether (sulfide) groups is 1. The molecule has 2 rings (SSSR count). The fourth-order valence-corrected chi connectivity index (χ4v) is 3.85. The molecule has 2 aliphatic heterocycles. The van der Waals surface area contributed by atoms with Gasteiger partial charge in [0.15, 0.2) is 0 Å². The molecule has 0 aromatic rings. The summed E-state index contributed by atoms with van der Waals surface area (Å²) in [6.45, 7) is 0. The molecule has 3 N–H and O–H groups in total. The number of hydrogen-bond acceptors (Lipinski definition) is 5. The first-order valence-electron chi connectivity index (χ1n) is 5.73. The summed E-state index contributed by atoms with van der Waals surface area (Å²) in [4.78, 5) is 25.4. The summed E-state index contributed by atoms with van der Waals surface area (Å²) in [5.74, 6) is 0.366. The summed E-state index contributed by atoms with van der Waals surface area (Å²) >= 11 is 1.86. The van der Waals surface area contributed by atoms with E-state index in [0.29, 0.717) is 11.7 Å². The minimum Gasteiger partial charge on any atom is -0.332 e. The van der Waals surface area contributed by atoms with Gasteiger partial charge in [0.25, 0.3) is 0 Å². The molecule has 0 spiro atoms. The van der Waals surface area contributed by atoms with Gasteiger partial charge in [0.05, 0.1) is 12.1 Å². The Morgan fingerprint density at radius 3 is 3.06 bits per heavy atom. The average Bonchev–Trinajstić information content (AvgIpc) is 2.84. The Balaban J connectivity index is 1.66. The molecule has 2 amide bonds. The van der Waals surface area contributed by atoms with Crippen LogP contribution in [-0.2, 0) is 9.68 Å². The summed E-state index contributed by atoms with van der Waals surface area (Å²) in [6, 6.07) is 0.395. The number of carbonyl (C=O) groups is 2. The van der Waals surface area contributed by atoms with E-state index in [-0.39, 0.29) is 24.5 Å². The van der Waals surface area contributed by atoms with Crippen LogP contribution < -0.4 is 10.6 Å². The van der Waals surface area contributed by atoms with E-state index in [1.54, 1.807) is 0 Å². The summed E-state index contributed by atoms with van der Waals surface area (Å²) < 4.78 is 0. The molecule has 17 heavy (non-hydrogen) atoms. The van der Waals surface area contributed by atoms with Gasteiger partial charge < -0.3 is 15.5 Å². The highest BCUT2D eigenvalue weighted by atomic mass is 32.2. The molecule has 0 aromatic heterocycles. The van der Waals surface area contributed by atoms with Crippen molar-refractivity contribution in [1.82, 2.24) is 10.6 Å². The van der Waals surface area contributed by atoms with Gasteiger partial charge in [-0.3, -0.25) is 0 Å². The molecule has 3 atom stereocenters. The first kappa shape index (κ1) is 12.5. The summed E-state index contributed by atoms with van der Waals surface area (Å²) in [5.41, 5.74) is 0. The molecule has 2 heterocycles. The Morgan fingerprint density at radius 1 is 1.47 bits per heavy atom. The zero-order valence-electron chi connectivity index (χ0n) is 9.35. The molecular formula is C10H16N2O4S. The molecule has 0 unspecified atom stereocenters. The van der Waals surface area contributed by atoms with Crippen LogP contribution in [0.5, 0.6) is 0 Å². The van der Waals surface area contributed by atoms with Crippen LogP contribution in [0.15, 0.2) is 0 Å². The lowest BCUT2D eigenvalue weighted by atomic mass is 10.0. The van der Waals surface area contributed by atoms with Crippen LogP contribution in [0.1, 0.15) is 25.7 Å². The third-order valence-corrected chi connectivity index (χ3v) is 4.67. The number of rotatable bonds is 5. The van der Waals surface area contributed by atoms with Crippen LogP contribution in [0.25, 0.3) is 0 Å². The van der Waals surface area contributed by atoms with E-state index in [4.69, 9.17) is 5.26 Å². The van der Waals surface area contributed by atoms with E-state index < -0.39 is 5.97 Å². The van der Waals surface area contributed by atoms with Crippen molar-refractivity contribution >= 4 is 23.8 Å². The second kappa shape index (κ2) is 5.59. The van der Waals surface area contributed by atoms with Crippen molar-refractivity contribution in [2.45, 2.75) is 43.0 Å². The Morgan fingerprint density at radius 2 is 2.29 bits per heavy atom. The number of fused-ring (bicyclic) bond motifs is 1. The van der Waals surface area contributed by atoms with Gasteiger partial charge in [-0.2, -0.15) is 17.0 Å². The highest BCUT2D eigenvalue weighted by Gasteiger charge is 2.42. The zero-order valence-corrected chi connectivity index (χ0v) is 10.2. The maximum atomic E-state index is 11.1. The van der Waals surface area contributed by atoms with E-state index in [0.717, 1.165) is 18.6 Å². The molecule has 2 fully saturated rings. The van der Waals surface area contributed by atoms with Crippen molar-refractivity contribution in [3.8, 4) is 0 Å². The number of amides is 2. The monoisotopic (exact) mass is 260 g/mol. The molecule has 2 aliphatic rings. The molecule has 2 saturated heterocycles. The summed E-state index contributed by atoms with van der Waals surface area (Å²) in [6.07, 6.45) is 2.81. The average molecular weight is 260 g/mol. The summed E-state index contributed by atoms with van der Waals surface area (Å²) in [5, 5.41) is 14.3. The topological polar surface area (TPSA) is 87.7 Å². The Bertz CT molecular complexity index is 313. The van der Waals surface area contributed by atoms with Crippen molar-refractivity contribution in [3.05, 3.63) is 0 Å². The smallest absolute Gasteiger partial charge is 0.332 e. The molecule has 0 saturated carbocycles. The molecule has 0 radical (unpaired) electrons. The van der Waals surface area contributed by atoms with Crippen LogP contribution in [0.4, 0.5) is 4.79 Å². The molecule has 6 nitrogen and oxygen atoms in total. The van der Waals surface area contributed by atoms with Crippen LogP contribution in [-0.4, -0.2) is 40.3 Å². The van der Waals surface area contributed by atoms with E-state index in [9.17, 15) is 9.59 Å². The van der Waals surface area contributed by atoms with Crippen LogP contribution in [0.3, 0.4) is 0 Å². The van der Waals surface area contributed by atoms with Gasteiger partial charge in [-0.05, 0) is 12.8 Å². The Kier molecular flexibility index (Phi) is 4.11. The van der Waals surface area contributed by atoms with E-state index in [2.05, 4.69) is 15.5 Å². The lowest BCUT2D eigenvalue weighted by Gasteiger charge is -2.16. The van der Waals surface area contributed by atoms with E-state index in [1.807, 2.05) is 11.8 Å². The molecular weight excluding hydrogens is 244 g/mol. The van der Waals surface area contributed by atoms with Gasteiger partial charge in [-0.15, -0.1) is 0 Å². The van der Waals surface area contributed by atoms with Crippen molar-refractivity contribution in [2.24, 2.45) is 0 Å². The fraction of sp³-hybridized carbons (Fsp3) is 0.800. The number of nitrogens with one attached hydrogen (secondary N) is 2. The van der Waals surface area contributed by atoms with Crippen molar-refractivity contribution in [1.29, 1.82) is 0 Å². The molecule has 96 valence electrons. The van der Waals surface area contributed by atoms with Gasteiger partial charge in [-0.1, -0.05) is 6.42 Å². The normalized spacial score (nSPS) is 30.6. The SMILES string of the molecule is O=C1N[C@H]2[C@H](CS[C@H]2CCCCC(=O)OO)N1. The molecule has 0 bridgehead atoms. The van der Waals surface area contributed by atoms with Crippen molar-refractivity contribution in [2.75, 3.05) is 5.75 Å². The van der Waals surface area contributed by atoms with Crippen LogP contribution in [0, 0.1) is 0 Å². The lowest BCUT2D eigenvalue weighted by molar-refractivity contribution is -0.234. The highest BCUT2D eigenvalue weighted by Crippen LogP contribution is 2.33. The minimum absolute atomic E-state index is 0.0749. The number of hydrogen-bond donors (Lipinski definition) is 3. The third-order valence-electron chi connectivity index (χ3n) is 3.16. The Hall–Kier alpha value is -0.950. The second-order valence-electron chi connectivity index (χ2n) is 4.33. The number of carbonyl (C=O) groups excluding carboxylic acids is 2. The van der Waals surface area contributed by atoms with E-state index >= 15 is 0 Å². The fourth-order valence-electron chi connectivity index (χ4n) is 2.30. The van der Waals surface area contributed by atoms with Crippen molar-refractivity contribution in [3.63, 3.8) is 0 Å².